The molecule has 0 aliphatic carbocycles. The van der Waals surface area contributed by atoms with Crippen LogP contribution in [0.3, 0.4) is 0 Å². The minimum absolute atomic E-state index is 0. The third kappa shape index (κ3) is 3.34. The highest BCUT2D eigenvalue weighted by Crippen LogP contribution is 2.38. The van der Waals surface area contributed by atoms with Crippen molar-refractivity contribution in [1.82, 2.24) is 0 Å². The Bertz CT molecular complexity index is 352. The Morgan fingerprint density at radius 2 is 1.59 bits per heavy atom. The summed E-state index contributed by atoms with van der Waals surface area (Å²) in [5.74, 6) is 0.00761. The van der Waals surface area contributed by atoms with Crippen LogP contribution in [0, 0.1) is 0 Å². The number of nitrogens with two attached hydrogens (primary N) is 1. The molecule has 0 saturated carbocycles. The topological polar surface area (TPSA) is 64.7 Å². The van der Waals surface area contributed by atoms with E-state index in [2.05, 4.69) is 0 Å². The second-order valence-corrected chi connectivity index (χ2v) is 3.12. The molecule has 0 radical (unpaired) electrons. The highest BCUT2D eigenvalue weighted by atomic mass is 35.5. The predicted molar refractivity (Wildman–Crippen MR) is 61.4 cm³/mol. The highest BCUT2D eigenvalue weighted by molar-refractivity contribution is 5.85. The third-order valence-corrected chi connectivity index (χ3v) is 2.13. The third-order valence-electron chi connectivity index (χ3n) is 2.13. The van der Waals surface area contributed by atoms with E-state index in [1.165, 1.54) is 26.4 Å². The summed E-state index contributed by atoms with van der Waals surface area (Å²) in [7, 11) is 2.60. The molecule has 4 nitrogen and oxygen atoms in total. The smallest absolute Gasteiger partial charge is 0.257 e. The lowest BCUT2D eigenvalue weighted by atomic mass is 10.0. The van der Waals surface area contributed by atoms with Crippen LogP contribution in [-0.4, -0.2) is 25.8 Å². The number of hydrogen-bond donors (Lipinski definition) is 2. The molecule has 17 heavy (non-hydrogen) atoms. The van der Waals surface area contributed by atoms with Crippen LogP contribution in [0.2, 0.25) is 0 Å². The molecule has 0 aliphatic rings. The van der Waals surface area contributed by atoms with Crippen molar-refractivity contribution >= 4 is 12.4 Å². The highest BCUT2D eigenvalue weighted by Gasteiger charge is 2.26. The molecular formula is C10H14ClF2NO3. The van der Waals surface area contributed by atoms with E-state index in [-0.39, 0.29) is 35.2 Å². The fourth-order valence-corrected chi connectivity index (χ4v) is 1.38. The van der Waals surface area contributed by atoms with Crippen LogP contribution in [-0.2, 0) is 0 Å². The average Bonchev–Trinajstić information content (AvgIpc) is 2.26. The fourth-order valence-electron chi connectivity index (χ4n) is 1.38. The first-order chi connectivity index (χ1) is 7.51. The Balaban J connectivity index is 0.00000256. The van der Waals surface area contributed by atoms with E-state index in [0.717, 1.165) is 0 Å². The zero-order chi connectivity index (χ0) is 12.3. The second kappa shape index (κ2) is 6.46. The van der Waals surface area contributed by atoms with Gasteiger partial charge in [-0.25, -0.2) is 8.78 Å². The van der Waals surface area contributed by atoms with Gasteiger partial charge in [-0.3, -0.25) is 0 Å². The van der Waals surface area contributed by atoms with E-state index in [1.807, 2.05) is 0 Å². The number of phenolic OH excluding ortho intramolecular Hbond substituents is 1. The molecule has 1 aromatic rings. The zero-order valence-electron chi connectivity index (χ0n) is 9.31. The number of phenols is 1. The van der Waals surface area contributed by atoms with Crippen LogP contribution in [0.1, 0.15) is 11.6 Å². The minimum atomic E-state index is -2.74. The molecule has 0 amide bonds. The van der Waals surface area contributed by atoms with Crippen molar-refractivity contribution in [3.63, 3.8) is 0 Å². The van der Waals surface area contributed by atoms with E-state index in [0.29, 0.717) is 0 Å². The van der Waals surface area contributed by atoms with Crippen LogP contribution < -0.4 is 15.2 Å². The Morgan fingerprint density at radius 1 is 1.18 bits per heavy atom. The van der Waals surface area contributed by atoms with E-state index < -0.39 is 12.5 Å². The first kappa shape index (κ1) is 15.7. The normalized spacial score (nSPS) is 11.9. The van der Waals surface area contributed by atoms with Gasteiger partial charge in [0.1, 0.15) is 17.2 Å². The van der Waals surface area contributed by atoms with Crippen LogP contribution in [0.4, 0.5) is 8.78 Å². The van der Waals surface area contributed by atoms with Crippen molar-refractivity contribution in [1.29, 1.82) is 0 Å². The molecule has 0 bridgehead atoms. The van der Waals surface area contributed by atoms with Crippen molar-refractivity contribution in [2.75, 3.05) is 14.2 Å². The first-order valence-corrected chi connectivity index (χ1v) is 4.49. The van der Waals surface area contributed by atoms with Gasteiger partial charge in [0.05, 0.1) is 25.8 Å². The molecule has 0 aliphatic heterocycles. The fraction of sp³-hybridized carbons (Fsp3) is 0.400. The zero-order valence-corrected chi connectivity index (χ0v) is 10.1. The summed E-state index contributed by atoms with van der Waals surface area (Å²) >= 11 is 0. The molecule has 1 atom stereocenters. The Labute approximate surface area is 104 Å². The Kier molecular flexibility index (Phi) is 5.98. The lowest BCUT2D eigenvalue weighted by Gasteiger charge is -2.18. The molecule has 0 heterocycles. The monoisotopic (exact) mass is 269 g/mol. The number of aromatic hydroxyl groups is 1. The van der Waals surface area contributed by atoms with Gasteiger partial charge in [-0.2, -0.15) is 0 Å². The summed E-state index contributed by atoms with van der Waals surface area (Å²) < 4.78 is 34.9. The van der Waals surface area contributed by atoms with Gasteiger partial charge in [0.15, 0.2) is 0 Å². The summed E-state index contributed by atoms with van der Waals surface area (Å²) in [6.07, 6.45) is -2.74. The lowest BCUT2D eigenvalue weighted by molar-refractivity contribution is 0.113. The number of benzene rings is 1. The summed E-state index contributed by atoms with van der Waals surface area (Å²) in [4.78, 5) is 0. The Morgan fingerprint density at radius 3 is 1.88 bits per heavy atom. The van der Waals surface area contributed by atoms with Gasteiger partial charge in [0.2, 0.25) is 0 Å². The number of hydrogen-bond acceptors (Lipinski definition) is 4. The number of halogens is 3. The molecule has 7 heteroatoms. The van der Waals surface area contributed by atoms with Crippen molar-refractivity contribution in [2.45, 2.75) is 12.5 Å². The van der Waals surface area contributed by atoms with Gasteiger partial charge in [0, 0.05) is 12.1 Å². The van der Waals surface area contributed by atoms with E-state index in [1.54, 1.807) is 0 Å². The maximum atomic E-state index is 12.5. The van der Waals surface area contributed by atoms with Crippen molar-refractivity contribution in [3.8, 4) is 17.2 Å². The quantitative estimate of drug-likeness (QED) is 0.879. The van der Waals surface area contributed by atoms with Crippen molar-refractivity contribution in [2.24, 2.45) is 5.73 Å². The molecule has 0 saturated heterocycles. The summed E-state index contributed by atoms with van der Waals surface area (Å²) in [5, 5.41) is 9.31. The Hall–Kier alpha value is -1.27. The largest absolute Gasteiger partial charge is 0.508 e. The van der Waals surface area contributed by atoms with Gasteiger partial charge >= 0.3 is 0 Å². The van der Waals surface area contributed by atoms with Gasteiger partial charge < -0.3 is 20.3 Å². The van der Waals surface area contributed by atoms with E-state index in [4.69, 9.17) is 15.2 Å². The van der Waals surface area contributed by atoms with E-state index >= 15 is 0 Å². The van der Waals surface area contributed by atoms with Crippen molar-refractivity contribution in [3.05, 3.63) is 17.7 Å². The van der Waals surface area contributed by atoms with Crippen LogP contribution in [0.15, 0.2) is 12.1 Å². The van der Waals surface area contributed by atoms with Crippen LogP contribution in [0.25, 0.3) is 0 Å². The van der Waals surface area contributed by atoms with Crippen molar-refractivity contribution < 1.29 is 23.4 Å². The SMILES string of the molecule is COc1cc(O)cc(OC)c1[C@H](N)C(F)F.Cl. The maximum absolute atomic E-state index is 12.5. The lowest BCUT2D eigenvalue weighted by Crippen LogP contribution is -2.20. The summed E-state index contributed by atoms with van der Waals surface area (Å²) in [6.45, 7) is 0. The maximum Gasteiger partial charge on any atom is 0.257 e. The van der Waals surface area contributed by atoms with Crippen LogP contribution >= 0.6 is 12.4 Å². The molecule has 1 aromatic carbocycles. The molecule has 0 aromatic heterocycles. The molecule has 1 rings (SSSR count). The number of methoxy groups -OCH3 is 2. The molecule has 0 unspecified atom stereocenters. The minimum Gasteiger partial charge on any atom is -0.508 e. The second-order valence-electron chi connectivity index (χ2n) is 3.12. The molecule has 0 spiro atoms. The molecule has 98 valence electrons. The van der Waals surface area contributed by atoms with E-state index in [9.17, 15) is 13.9 Å². The van der Waals surface area contributed by atoms with Gasteiger partial charge in [-0.1, -0.05) is 0 Å². The van der Waals surface area contributed by atoms with Gasteiger partial charge in [0.25, 0.3) is 6.43 Å². The summed E-state index contributed by atoms with van der Waals surface area (Å²) in [6, 6.07) is 0.894. The van der Waals surface area contributed by atoms with Gasteiger partial charge in [-0.15, -0.1) is 12.4 Å². The first-order valence-electron chi connectivity index (χ1n) is 4.49. The summed E-state index contributed by atoms with van der Waals surface area (Å²) in [5.41, 5.74) is 5.39. The van der Waals surface area contributed by atoms with Crippen LogP contribution in [0.5, 0.6) is 17.2 Å². The molecule has 0 fully saturated rings. The number of alkyl halides is 2. The molecular weight excluding hydrogens is 256 g/mol. The molecule has 3 N–H and O–H groups in total. The average molecular weight is 270 g/mol. The number of rotatable bonds is 4. The predicted octanol–water partition coefficient (Wildman–Crippen LogP) is 2.10. The standard InChI is InChI=1S/C10H13F2NO3.ClH/c1-15-6-3-5(14)4-7(16-2)8(6)9(13)10(11)12;/h3-4,9-10,14H,13H2,1-2H3;1H/t9-;/m0./s1. The van der Waals surface area contributed by atoms with Gasteiger partial charge in [-0.05, 0) is 0 Å². The number of ether oxygens (including phenoxy) is 2.